The van der Waals surface area contributed by atoms with Gasteiger partial charge in [0.05, 0.1) is 17.4 Å². The van der Waals surface area contributed by atoms with Crippen LogP contribution in [0.4, 0.5) is 15.8 Å². The maximum Gasteiger partial charge on any atom is 0.338 e. The summed E-state index contributed by atoms with van der Waals surface area (Å²) in [6.07, 6.45) is 2.40. The minimum absolute atomic E-state index is 0.0163. The van der Waals surface area contributed by atoms with Gasteiger partial charge >= 0.3 is 5.97 Å². The van der Waals surface area contributed by atoms with Crippen LogP contribution in [0.5, 0.6) is 0 Å². The first kappa shape index (κ1) is 23.8. The van der Waals surface area contributed by atoms with Crippen LogP contribution >= 0.6 is 0 Å². The zero-order chi connectivity index (χ0) is 25.9. The van der Waals surface area contributed by atoms with Crippen molar-refractivity contribution in [2.24, 2.45) is 5.73 Å². The van der Waals surface area contributed by atoms with Crippen LogP contribution in [0.15, 0.2) is 79.1 Å². The van der Waals surface area contributed by atoms with E-state index >= 15 is 0 Å². The van der Waals surface area contributed by atoms with E-state index in [1.165, 1.54) is 12.3 Å². The summed E-state index contributed by atoms with van der Waals surface area (Å²) in [4.78, 5) is 41.4. The lowest BCUT2D eigenvalue weighted by atomic mass is 9.95. The molecule has 1 aliphatic rings. The third kappa shape index (κ3) is 4.80. The number of hydrogen-bond donors (Lipinski definition) is 3. The summed E-state index contributed by atoms with van der Waals surface area (Å²) >= 11 is 0. The predicted molar refractivity (Wildman–Crippen MR) is 135 cm³/mol. The van der Waals surface area contributed by atoms with Gasteiger partial charge in [0.15, 0.2) is 5.82 Å². The van der Waals surface area contributed by atoms with Crippen LogP contribution in [0, 0.1) is 5.82 Å². The number of amides is 2. The Morgan fingerprint density at radius 1 is 0.919 bits per heavy atom. The van der Waals surface area contributed by atoms with Gasteiger partial charge in [-0.25, -0.2) is 9.18 Å². The number of fused-ring (bicyclic) bond motifs is 1. The van der Waals surface area contributed by atoms with Crippen LogP contribution in [-0.4, -0.2) is 22.8 Å². The van der Waals surface area contributed by atoms with E-state index in [1.54, 1.807) is 54.6 Å². The highest BCUT2D eigenvalue weighted by atomic mass is 19.1. The summed E-state index contributed by atoms with van der Waals surface area (Å²) in [6, 6.07) is 18.3. The van der Waals surface area contributed by atoms with Gasteiger partial charge < -0.3 is 21.1 Å². The topological polar surface area (TPSA) is 123 Å². The molecule has 4 aromatic rings. The van der Waals surface area contributed by atoms with Crippen LogP contribution in [0.25, 0.3) is 11.1 Å². The second-order valence-electron chi connectivity index (χ2n) is 8.33. The Morgan fingerprint density at radius 3 is 2.46 bits per heavy atom. The molecule has 0 unspecified atom stereocenters. The molecule has 2 heterocycles. The highest BCUT2D eigenvalue weighted by molar-refractivity contribution is 6.07. The molecule has 0 radical (unpaired) electrons. The van der Waals surface area contributed by atoms with E-state index in [2.05, 4.69) is 15.6 Å². The Balaban J connectivity index is 1.43. The summed E-state index contributed by atoms with van der Waals surface area (Å²) in [7, 11) is 0. The number of rotatable bonds is 6. The number of halogens is 1. The SMILES string of the molecule is NCc1ccc(C(=O)Nc2ccncc2F)cc1-c1cccc(C(=O)Nc2cccc3c2COC3=O)c1. The molecule has 0 spiro atoms. The van der Waals surface area contributed by atoms with Gasteiger partial charge in [0.2, 0.25) is 0 Å². The molecule has 1 aliphatic heterocycles. The standard InChI is InChI=1S/C28H21FN4O4/c29-23-14-31-10-9-25(23)33-27(35)18-7-8-19(13-30)21(12-18)16-3-1-4-17(11-16)26(34)32-24-6-2-5-20-22(24)15-37-28(20)36/h1-12,14H,13,15,30H2,(H,32,34)(H,31,33,35). The average molecular weight is 496 g/mol. The Kier molecular flexibility index (Phi) is 6.44. The minimum atomic E-state index is -0.645. The molecular formula is C28H21FN4O4. The third-order valence-corrected chi connectivity index (χ3v) is 6.04. The highest BCUT2D eigenvalue weighted by Gasteiger charge is 2.24. The number of cyclic esters (lactones) is 1. The maximum atomic E-state index is 13.9. The number of aromatic nitrogens is 1. The first-order valence-corrected chi connectivity index (χ1v) is 11.4. The summed E-state index contributed by atoms with van der Waals surface area (Å²) < 4.78 is 19.0. The molecule has 1 aromatic heterocycles. The van der Waals surface area contributed by atoms with Gasteiger partial charge in [0.1, 0.15) is 6.61 Å². The quantitative estimate of drug-likeness (QED) is 0.337. The molecule has 0 fully saturated rings. The fraction of sp³-hybridized carbons (Fsp3) is 0.0714. The number of nitrogens with zero attached hydrogens (tertiary/aromatic N) is 1. The number of esters is 1. The van der Waals surface area contributed by atoms with Crippen molar-refractivity contribution in [1.29, 1.82) is 0 Å². The molecule has 0 saturated heterocycles. The largest absolute Gasteiger partial charge is 0.457 e. The molecule has 0 aliphatic carbocycles. The smallest absolute Gasteiger partial charge is 0.338 e. The molecule has 2 amide bonds. The van der Waals surface area contributed by atoms with Crippen molar-refractivity contribution in [3.05, 3.63) is 113 Å². The monoisotopic (exact) mass is 496 g/mol. The Morgan fingerprint density at radius 2 is 1.68 bits per heavy atom. The van der Waals surface area contributed by atoms with Gasteiger partial charge in [0.25, 0.3) is 11.8 Å². The van der Waals surface area contributed by atoms with Crippen LogP contribution in [0.1, 0.15) is 42.2 Å². The lowest BCUT2D eigenvalue weighted by Gasteiger charge is -2.13. The molecule has 4 N–H and O–H groups in total. The van der Waals surface area contributed by atoms with Crippen molar-refractivity contribution >= 4 is 29.2 Å². The van der Waals surface area contributed by atoms with Gasteiger partial charge in [-0.2, -0.15) is 0 Å². The number of anilines is 2. The lowest BCUT2D eigenvalue weighted by molar-refractivity contribution is 0.0535. The molecular weight excluding hydrogens is 475 g/mol. The summed E-state index contributed by atoms with van der Waals surface area (Å²) in [6.45, 7) is 0.305. The van der Waals surface area contributed by atoms with Crippen LogP contribution in [0.3, 0.4) is 0 Å². The van der Waals surface area contributed by atoms with E-state index in [1.807, 2.05) is 6.07 Å². The maximum absolute atomic E-state index is 13.9. The van der Waals surface area contributed by atoms with E-state index in [4.69, 9.17) is 10.5 Å². The van der Waals surface area contributed by atoms with Crippen molar-refractivity contribution in [1.82, 2.24) is 4.98 Å². The molecule has 0 bridgehead atoms. The highest BCUT2D eigenvalue weighted by Crippen LogP contribution is 2.29. The summed E-state index contributed by atoms with van der Waals surface area (Å²) in [5, 5.41) is 5.39. The number of ether oxygens (including phenoxy) is 1. The van der Waals surface area contributed by atoms with E-state index in [0.717, 1.165) is 11.8 Å². The first-order chi connectivity index (χ1) is 17.9. The first-order valence-electron chi connectivity index (χ1n) is 11.4. The van der Waals surface area contributed by atoms with Crippen molar-refractivity contribution in [2.45, 2.75) is 13.2 Å². The van der Waals surface area contributed by atoms with Gasteiger partial charge in [-0.15, -0.1) is 0 Å². The van der Waals surface area contributed by atoms with E-state index in [9.17, 15) is 18.8 Å². The Labute approximate surface area is 211 Å². The lowest BCUT2D eigenvalue weighted by Crippen LogP contribution is -2.14. The molecule has 9 heteroatoms. The minimum Gasteiger partial charge on any atom is -0.457 e. The molecule has 37 heavy (non-hydrogen) atoms. The fourth-order valence-corrected chi connectivity index (χ4v) is 4.12. The number of pyridine rings is 1. The molecule has 5 rings (SSSR count). The van der Waals surface area contributed by atoms with Gasteiger partial charge in [-0.1, -0.05) is 24.3 Å². The normalized spacial score (nSPS) is 12.0. The number of nitrogens with two attached hydrogens (primary N) is 1. The second kappa shape index (κ2) is 10.00. The molecule has 3 aromatic carbocycles. The molecule has 8 nitrogen and oxygen atoms in total. The molecule has 184 valence electrons. The molecule has 0 atom stereocenters. The zero-order valence-corrected chi connectivity index (χ0v) is 19.5. The zero-order valence-electron chi connectivity index (χ0n) is 19.5. The molecule has 0 saturated carbocycles. The fourth-order valence-electron chi connectivity index (χ4n) is 4.12. The third-order valence-electron chi connectivity index (χ3n) is 6.04. The van der Waals surface area contributed by atoms with Crippen LogP contribution < -0.4 is 16.4 Å². The second-order valence-corrected chi connectivity index (χ2v) is 8.33. The Hall–Kier alpha value is -4.89. The van der Waals surface area contributed by atoms with Crippen molar-refractivity contribution in [3.8, 4) is 11.1 Å². The predicted octanol–water partition coefficient (Wildman–Crippen LogP) is 4.52. The Bertz CT molecular complexity index is 1550. The van der Waals surface area contributed by atoms with Crippen molar-refractivity contribution in [2.75, 3.05) is 10.6 Å². The number of carbonyl (C=O) groups excluding carboxylic acids is 3. The summed E-state index contributed by atoms with van der Waals surface area (Å²) in [5.74, 6) is -1.93. The van der Waals surface area contributed by atoms with E-state index in [0.29, 0.717) is 39.1 Å². The van der Waals surface area contributed by atoms with Crippen LogP contribution in [-0.2, 0) is 17.9 Å². The number of carbonyl (C=O) groups is 3. The van der Waals surface area contributed by atoms with Gasteiger partial charge in [-0.3, -0.25) is 14.6 Å². The average Bonchev–Trinajstić information content (AvgIpc) is 3.31. The summed E-state index contributed by atoms with van der Waals surface area (Å²) in [5.41, 5.74) is 10.3. The van der Waals surface area contributed by atoms with E-state index < -0.39 is 17.7 Å². The number of hydrogen-bond acceptors (Lipinski definition) is 6. The number of nitrogens with one attached hydrogen (secondary N) is 2. The van der Waals surface area contributed by atoms with Crippen molar-refractivity contribution < 1.29 is 23.5 Å². The number of benzene rings is 3. The van der Waals surface area contributed by atoms with E-state index in [-0.39, 0.29) is 24.7 Å². The van der Waals surface area contributed by atoms with Crippen LogP contribution in [0.2, 0.25) is 0 Å². The van der Waals surface area contributed by atoms with Gasteiger partial charge in [-0.05, 0) is 59.2 Å². The van der Waals surface area contributed by atoms with Gasteiger partial charge in [0, 0.05) is 35.1 Å². The van der Waals surface area contributed by atoms with Crippen molar-refractivity contribution in [3.63, 3.8) is 0 Å².